The summed E-state index contributed by atoms with van der Waals surface area (Å²) in [6, 6.07) is -0.132. The zero-order chi connectivity index (χ0) is 6.73. The summed E-state index contributed by atoms with van der Waals surface area (Å²) in [5.41, 5.74) is 10.3. The van der Waals surface area contributed by atoms with E-state index in [0.717, 1.165) is 0 Å². The molecule has 0 aliphatic carbocycles. The molecular weight excluding hydrogens is 104 g/mol. The fraction of sp³-hybridized carbons (Fsp3) is 0.800. The first-order valence-electron chi connectivity index (χ1n) is 2.60. The van der Waals surface area contributed by atoms with Gasteiger partial charge in [0, 0.05) is 12.0 Å². The second-order valence-electron chi connectivity index (χ2n) is 2.05. The van der Waals surface area contributed by atoms with Crippen LogP contribution in [0.1, 0.15) is 13.8 Å². The van der Waals surface area contributed by atoms with Crippen LogP contribution in [0.15, 0.2) is 0 Å². The Hall–Kier alpha value is -0.570. The molecule has 0 aromatic heterocycles. The number of rotatable bonds is 2. The van der Waals surface area contributed by atoms with Crippen LogP contribution in [0.5, 0.6) is 0 Å². The maximum Gasteiger partial charge on any atom is 0.221 e. The van der Waals surface area contributed by atoms with Crippen LogP contribution in [0.25, 0.3) is 0 Å². The number of hydrogen-bond donors (Lipinski definition) is 2. The summed E-state index contributed by atoms with van der Waals surface area (Å²) in [4.78, 5) is 10.3. The molecule has 2 atom stereocenters. The van der Waals surface area contributed by atoms with E-state index in [0.29, 0.717) is 0 Å². The molecule has 0 aliphatic heterocycles. The molecule has 0 aromatic carbocycles. The quantitative estimate of drug-likeness (QED) is 0.508. The third kappa shape index (κ3) is 1.93. The first-order chi connectivity index (χ1) is 3.55. The lowest BCUT2D eigenvalue weighted by Gasteiger charge is -2.09. The molecule has 0 radical (unpaired) electrons. The van der Waals surface area contributed by atoms with Crippen molar-refractivity contribution in [1.29, 1.82) is 0 Å². The summed E-state index contributed by atoms with van der Waals surface area (Å²) >= 11 is 0. The van der Waals surface area contributed by atoms with Crippen LogP contribution < -0.4 is 11.5 Å². The van der Waals surface area contributed by atoms with Gasteiger partial charge in [0.15, 0.2) is 0 Å². The summed E-state index contributed by atoms with van der Waals surface area (Å²) in [6.45, 7) is 3.47. The Kier molecular flexibility index (Phi) is 2.48. The Morgan fingerprint density at radius 3 is 1.88 bits per heavy atom. The number of nitrogens with two attached hydrogens (primary N) is 2. The number of carbonyl (C=O) groups excluding carboxylic acids is 1. The van der Waals surface area contributed by atoms with Gasteiger partial charge in [0.05, 0.1) is 0 Å². The van der Waals surface area contributed by atoms with Crippen molar-refractivity contribution in [1.82, 2.24) is 0 Å². The lowest BCUT2D eigenvalue weighted by molar-refractivity contribution is -0.121. The maximum absolute atomic E-state index is 10.3. The molecular formula is C5H12N2O. The van der Waals surface area contributed by atoms with Crippen LogP contribution in [0.3, 0.4) is 0 Å². The van der Waals surface area contributed by atoms with Crippen LogP contribution in [0.2, 0.25) is 0 Å². The minimum absolute atomic E-state index is 0.132. The summed E-state index contributed by atoms with van der Waals surface area (Å²) in [5, 5.41) is 0. The topological polar surface area (TPSA) is 69.1 Å². The Morgan fingerprint density at radius 1 is 1.50 bits per heavy atom. The van der Waals surface area contributed by atoms with Gasteiger partial charge in [-0.15, -0.1) is 0 Å². The number of amides is 1. The second kappa shape index (κ2) is 2.67. The van der Waals surface area contributed by atoms with Gasteiger partial charge in [-0.2, -0.15) is 0 Å². The van der Waals surface area contributed by atoms with Gasteiger partial charge in [0.1, 0.15) is 0 Å². The van der Waals surface area contributed by atoms with Gasteiger partial charge in [-0.25, -0.2) is 0 Å². The molecule has 4 N–H and O–H groups in total. The molecule has 8 heavy (non-hydrogen) atoms. The molecule has 48 valence electrons. The smallest absolute Gasteiger partial charge is 0.221 e. The van der Waals surface area contributed by atoms with Crippen LogP contribution in [0.4, 0.5) is 0 Å². The fourth-order valence-electron chi connectivity index (χ4n) is 0.259. The van der Waals surface area contributed by atoms with Gasteiger partial charge in [0.2, 0.25) is 5.91 Å². The van der Waals surface area contributed by atoms with Crippen molar-refractivity contribution in [2.75, 3.05) is 0 Å². The van der Waals surface area contributed by atoms with Crippen molar-refractivity contribution < 1.29 is 4.79 Å². The van der Waals surface area contributed by atoms with Crippen molar-refractivity contribution in [2.24, 2.45) is 17.4 Å². The Bertz CT molecular complexity index is 90.4. The molecule has 0 saturated heterocycles. The monoisotopic (exact) mass is 116 g/mol. The van der Waals surface area contributed by atoms with Crippen molar-refractivity contribution >= 4 is 5.91 Å². The Labute approximate surface area is 49.0 Å². The fourth-order valence-corrected chi connectivity index (χ4v) is 0.259. The molecule has 3 heteroatoms. The van der Waals surface area contributed by atoms with Gasteiger partial charge < -0.3 is 11.5 Å². The molecule has 0 spiro atoms. The maximum atomic E-state index is 10.3. The summed E-state index contributed by atoms with van der Waals surface area (Å²) < 4.78 is 0. The zero-order valence-electron chi connectivity index (χ0n) is 5.22. The van der Waals surface area contributed by atoms with E-state index >= 15 is 0 Å². The first-order valence-corrected chi connectivity index (χ1v) is 2.60. The lowest BCUT2D eigenvalue weighted by atomic mass is 10.1. The molecule has 0 rings (SSSR count). The van der Waals surface area contributed by atoms with Crippen LogP contribution in [-0.2, 0) is 4.79 Å². The van der Waals surface area contributed by atoms with Gasteiger partial charge in [-0.3, -0.25) is 4.79 Å². The molecule has 1 unspecified atom stereocenters. The SMILES string of the molecule is CC(N)[C@H](C)C(N)=O. The Morgan fingerprint density at radius 2 is 1.88 bits per heavy atom. The van der Waals surface area contributed by atoms with E-state index in [2.05, 4.69) is 0 Å². The molecule has 0 fully saturated rings. The number of hydrogen-bond acceptors (Lipinski definition) is 2. The molecule has 3 nitrogen and oxygen atoms in total. The standard InChI is InChI=1S/C5H12N2O/c1-3(4(2)6)5(7)8/h3-4H,6H2,1-2H3,(H2,7,8)/t3-,4?/m0/s1. The van der Waals surface area contributed by atoms with E-state index in [1.54, 1.807) is 13.8 Å². The van der Waals surface area contributed by atoms with E-state index in [1.807, 2.05) is 0 Å². The average molecular weight is 116 g/mol. The van der Waals surface area contributed by atoms with Gasteiger partial charge in [-0.05, 0) is 6.92 Å². The minimum atomic E-state index is -0.333. The van der Waals surface area contributed by atoms with Crippen molar-refractivity contribution in [3.63, 3.8) is 0 Å². The second-order valence-corrected chi connectivity index (χ2v) is 2.05. The summed E-state index contributed by atoms with van der Waals surface area (Å²) in [6.07, 6.45) is 0. The van der Waals surface area contributed by atoms with Crippen molar-refractivity contribution in [3.05, 3.63) is 0 Å². The summed E-state index contributed by atoms with van der Waals surface area (Å²) in [7, 11) is 0. The van der Waals surface area contributed by atoms with Gasteiger partial charge in [-0.1, -0.05) is 6.92 Å². The van der Waals surface area contributed by atoms with Gasteiger partial charge >= 0.3 is 0 Å². The normalized spacial score (nSPS) is 17.4. The van der Waals surface area contributed by atoms with E-state index in [9.17, 15) is 4.79 Å². The third-order valence-corrected chi connectivity index (χ3v) is 1.24. The van der Waals surface area contributed by atoms with E-state index in [-0.39, 0.29) is 17.9 Å². The molecule has 0 aromatic rings. The minimum Gasteiger partial charge on any atom is -0.369 e. The highest BCUT2D eigenvalue weighted by Gasteiger charge is 2.11. The van der Waals surface area contributed by atoms with Crippen LogP contribution in [0, 0.1) is 5.92 Å². The average Bonchev–Trinajstić information content (AvgIpc) is 1.64. The van der Waals surface area contributed by atoms with Crippen LogP contribution in [-0.4, -0.2) is 11.9 Å². The Balaban J connectivity index is 3.64. The van der Waals surface area contributed by atoms with E-state index in [4.69, 9.17) is 11.5 Å². The first kappa shape index (κ1) is 7.43. The van der Waals surface area contributed by atoms with Crippen LogP contribution >= 0.6 is 0 Å². The molecule has 0 heterocycles. The van der Waals surface area contributed by atoms with Crippen molar-refractivity contribution in [2.45, 2.75) is 19.9 Å². The molecule has 1 amide bonds. The van der Waals surface area contributed by atoms with E-state index in [1.165, 1.54) is 0 Å². The number of carbonyl (C=O) groups is 1. The highest BCUT2D eigenvalue weighted by Crippen LogP contribution is 1.95. The molecule has 0 aliphatic rings. The van der Waals surface area contributed by atoms with E-state index < -0.39 is 0 Å². The van der Waals surface area contributed by atoms with Crippen molar-refractivity contribution in [3.8, 4) is 0 Å². The predicted octanol–water partition coefficient (Wildman–Crippen LogP) is -0.545. The molecule has 0 saturated carbocycles. The number of primary amides is 1. The lowest BCUT2D eigenvalue weighted by Crippen LogP contribution is -2.34. The van der Waals surface area contributed by atoms with Gasteiger partial charge in [0.25, 0.3) is 0 Å². The highest BCUT2D eigenvalue weighted by atomic mass is 16.1. The predicted molar refractivity (Wildman–Crippen MR) is 32.0 cm³/mol. The highest BCUT2D eigenvalue weighted by molar-refractivity contribution is 5.76. The summed E-state index contributed by atoms with van der Waals surface area (Å²) in [5.74, 6) is -0.546. The third-order valence-electron chi connectivity index (χ3n) is 1.24. The largest absolute Gasteiger partial charge is 0.369 e. The zero-order valence-corrected chi connectivity index (χ0v) is 5.22. The molecule has 0 bridgehead atoms.